The molecule has 0 radical (unpaired) electrons. The second-order valence-corrected chi connectivity index (χ2v) is 8.41. The summed E-state index contributed by atoms with van der Waals surface area (Å²) in [6, 6.07) is 8.70. The topological polar surface area (TPSA) is 74.6 Å². The maximum absolute atomic E-state index is 11.7. The van der Waals surface area contributed by atoms with Crippen LogP contribution in [0.25, 0.3) is 5.57 Å². The van der Waals surface area contributed by atoms with Gasteiger partial charge in [-0.2, -0.15) is 0 Å². The molecule has 0 fully saturated rings. The number of benzene rings is 1. The Morgan fingerprint density at radius 2 is 1.67 bits per heavy atom. The molecule has 0 saturated carbocycles. The molecule has 2 rings (SSSR count). The average Bonchev–Trinajstić information content (AvgIpc) is 2.41. The summed E-state index contributed by atoms with van der Waals surface area (Å²) < 4.78 is -0.903. The molecule has 1 aromatic rings. The molecular formula is C15H12Br2O4. The monoisotopic (exact) mass is 414 g/mol. The van der Waals surface area contributed by atoms with Crippen LogP contribution in [0, 0.1) is 5.92 Å². The summed E-state index contributed by atoms with van der Waals surface area (Å²) in [5.74, 6) is -2.74. The molecule has 1 aliphatic rings. The minimum Gasteiger partial charge on any atom is -0.478 e. The van der Waals surface area contributed by atoms with Crippen molar-refractivity contribution in [2.75, 3.05) is 0 Å². The van der Waals surface area contributed by atoms with E-state index in [1.165, 1.54) is 6.08 Å². The minimum atomic E-state index is -1.16. The van der Waals surface area contributed by atoms with Crippen molar-refractivity contribution >= 4 is 49.4 Å². The lowest BCUT2D eigenvalue weighted by atomic mass is 9.80. The zero-order chi connectivity index (χ0) is 15.8. The van der Waals surface area contributed by atoms with E-state index in [-0.39, 0.29) is 16.7 Å². The smallest absolute Gasteiger partial charge is 0.336 e. The van der Waals surface area contributed by atoms with Crippen molar-refractivity contribution in [1.29, 1.82) is 0 Å². The molecule has 0 amide bonds. The SMILES string of the molecule is CC1C(C(=O)O)=C(c2ccccc2)C(C(=O)O)=CC1(Br)Br. The van der Waals surface area contributed by atoms with Gasteiger partial charge in [0.05, 0.1) is 11.1 Å². The van der Waals surface area contributed by atoms with E-state index in [4.69, 9.17) is 0 Å². The first kappa shape index (κ1) is 16.0. The summed E-state index contributed by atoms with van der Waals surface area (Å²) in [6.45, 7) is 1.73. The molecule has 1 aliphatic carbocycles. The molecule has 0 heterocycles. The first-order valence-corrected chi connectivity index (χ1v) is 7.71. The van der Waals surface area contributed by atoms with Gasteiger partial charge in [0, 0.05) is 11.5 Å². The van der Waals surface area contributed by atoms with Gasteiger partial charge in [-0.1, -0.05) is 69.1 Å². The summed E-state index contributed by atoms with van der Waals surface area (Å²) in [5.41, 5.74) is 0.851. The van der Waals surface area contributed by atoms with Gasteiger partial charge >= 0.3 is 11.9 Å². The number of aliphatic carboxylic acids is 2. The van der Waals surface area contributed by atoms with Gasteiger partial charge in [0.25, 0.3) is 0 Å². The third-order valence-corrected chi connectivity index (χ3v) is 5.24. The van der Waals surface area contributed by atoms with Gasteiger partial charge in [-0.15, -0.1) is 0 Å². The largest absolute Gasteiger partial charge is 0.478 e. The second kappa shape index (κ2) is 5.77. The molecule has 1 atom stereocenters. The van der Waals surface area contributed by atoms with Crippen molar-refractivity contribution in [2.24, 2.45) is 5.92 Å². The zero-order valence-corrected chi connectivity index (χ0v) is 14.2. The highest BCUT2D eigenvalue weighted by Gasteiger charge is 2.42. The van der Waals surface area contributed by atoms with Crippen molar-refractivity contribution in [1.82, 2.24) is 0 Å². The van der Waals surface area contributed by atoms with Crippen LogP contribution in [-0.2, 0) is 9.59 Å². The van der Waals surface area contributed by atoms with Crippen LogP contribution in [0.3, 0.4) is 0 Å². The summed E-state index contributed by atoms with van der Waals surface area (Å²) in [5, 5.41) is 19.0. The molecule has 0 spiro atoms. The Morgan fingerprint density at radius 3 is 2.14 bits per heavy atom. The Kier molecular flexibility index (Phi) is 4.39. The van der Waals surface area contributed by atoms with Crippen LogP contribution in [0.5, 0.6) is 0 Å². The lowest BCUT2D eigenvalue weighted by Crippen LogP contribution is -2.31. The maximum atomic E-state index is 11.7. The predicted octanol–water partition coefficient (Wildman–Crippen LogP) is 3.67. The Hall–Kier alpha value is -1.40. The molecule has 0 aliphatic heterocycles. The van der Waals surface area contributed by atoms with Crippen molar-refractivity contribution in [2.45, 2.75) is 10.2 Å². The van der Waals surface area contributed by atoms with Crippen LogP contribution in [0.1, 0.15) is 12.5 Å². The number of rotatable bonds is 3. The minimum absolute atomic E-state index is 0.0366. The first-order valence-electron chi connectivity index (χ1n) is 6.13. The van der Waals surface area contributed by atoms with Crippen LogP contribution in [-0.4, -0.2) is 25.4 Å². The van der Waals surface area contributed by atoms with E-state index < -0.39 is 21.1 Å². The number of allylic oxidation sites excluding steroid dienone is 1. The number of halogens is 2. The van der Waals surface area contributed by atoms with Gasteiger partial charge in [0.1, 0.15) is 3.23 Å². The van der Waals surface area contributed by atoms with E-state index in [0.717, 1.165) is 0 Å². The van der Waals surface area contributed by atoms with E-state index in [0.29, 0.717) is 5.56 Å². The summed E-state index contributed by atoms with van der Waals surface area (Å²) in [7, 11) is 0. The van der Waals surface area contributed by atoms with Crippen LogP contribution in [0.2, 0.25) is 0 Å². The third-order valence-electron chi connectivity index (χ3n) is 3.41. The number of carboxylic acids is 2. The number of alkyl halides is 2. The van der Waals surface area contributed by atoms with E-state index in [9.17, 15) is 19.8 Å². The van der Waals surface area contributed by atoms with Crippen molar-refractivity contribution in [3.63, 3.8) is 0 Å². The number of hydrogen-bond donors (Lipinski definition) is 2. The molecule has 0 bridgehead atoms. The molecule has 110 valence electrons. The Morgan fingerprint density at radius 1 is 1.10 bits per heavy atom. The van der Waals surface area contributed by atoms with Crippen LogP contribution < -0.4 is 0 Å². The quantitative estimate of drug-likeness (QED) is 0.738. The van der Waals surface area contributed by atoms with Crippen LogP contribution >= 0.6 is 31.9 Å². The zero-order valence-electron chi connectivity index (χ0n) is 11.0. The molecule has 4 nitrogen and oxygen atoms in total. The van der Waals surface area contributed by atoms with Gasteiger partial charge in [-0.25, -0.2) is 9.59 Å². The highest BCUT2D eigenvalue weighted by atomic mass is 79.9. The van der Waals surface area contributed by atoms with Gasteiger partial charge < -0.3 is 10.2 Å². The lowest BCUT2D eigenvalue weighted by Gasteiger charge is -2.32. The summed E-state index contributed by atoms with van der Waals surface area (Å²) in [6.07, 6.45) is 1.49. The molecule has 0 saturated heterocycles. The maximum Gasteiger partial charge on any atom is 0.336 e. The molecule has 1 unspecified atom stereocenters. The fraction of sp³-hybridized carbons (Fsp3) is 0.200. The molecular weight excluding hydrogens is 404 g/mol. The Bertz CT molecular complexity index is 660. The molecule has 21 heavy (non-hydrogen) atoms. The highest BCUT2D eigenvalue weighted by Crippen LogP contribution is 2.48. The normalized spacial score (nSPS) is 20.9. The van der Waals surface area contributed by atoms with Crippen molar-refractivity contribution < 1.29 is 19.8 Å². The summed E-state index contributed by atoms with van der Waals surface area (Å²) in [4.78, 5) is 23.2. The fourth-order valence-electron chi connectivity index (χ4n) is 2.32. The number of carboxylic acid groups (broad SMARTS) is 2. The van der Waals surface area contributed by atoms with E-state index in [1.807, 2.05) is 0 Å². The van der Waals surface area contributed by atoms with E-state index >= 15 is 0 Å². The standard InChI is InChI=1S/C15H12Br2O4/c1-8-11(14(20)21)12(9-5-3-2-4-6-9)10(13(18)19)7-15(8,16)17/h2-8H,1H3,(H,18,19)(H,20,21). The first-order chi connectivity index (χ1) is 9.75. The van der Waals surface area contributed by atoms with Crippen LogP contribution in [0.4, 0.5) is 0 Å². The molecule has 2 N–H and O–H groups in total. The van der Waals surface area contributed by atoms with E-state index in [1.54, 1.807) is 37.3 Å². The number of carbonyl (C=O) groups is 2. The van der Waals surface area contributed by atoms with Crippen LogP contribution in [0.15, 0.2) is 47.6 Å². The molecule has 1 aromatic carbocycles. The lowest BCUT2D eigenvalue weighted by molar-refractivity contribution is -0.133. The average molecular weight is 416 g/mol. The van der Waals surface area contributed by atoms with Crippen molar-refractivity contribution in [3.8, 4) is 0 Å². The van der Waals surface area contributed by atoms with Gasteiger partial charge in [-0.3, -0.25) is 0 Å². The Labute approximate surface area is 138 Å². The van der Waals surface area contributed by atoms with E-state index in [2.05, 4.69) is 31.9 Å². The second-order valence-electron chi connectivity index (χ2n) is 4.72. The Balaban J connectivity index is 2.80. The van der Waals surface area contributed by atoms with Crippen molar-refractivity contribution in [3.05, 3.63) is 53.1 Å². The third kappa shape index (κ3) is 2.96. The molecule has 6 heteroatoms. The highest BCUT2D eigenvalue weighted by molar-refractivity contribution is 9.25. The van der Waals surface area contributed by atoms with Gasteiger partial charge in [-0.05, 0) is 11.6 Å². The van der Waals surface area contributed by atoms with Gasteiger partial charge in [0.2, 0.25) is 0 Å². The summed E-state index contributed by atoms with van der Waals surface area (Å²) >= 11 is 6.71. The predicted molar refractivity (Wildman–Crippen MR) is 86.5 cm³/mol. The number of hydrogen-bond acceptors (Lipinski definition) is 2. The van der Waals surface area contributed by atoms with Gasteiger partial charge in [0.15, 0.2) is 0 Å². The molecule has 0 aromatic heterocycles. The fourth-order valence-corrected chi connectivity index (χ4v) is 3.24.